The van der Waals surface area contributed by atoms with Crippen molar-refractivity contribution in [3.63, 3.8) is 0 Å². The Morgan fingerprint density at radius 1 is 1.00 bits per heavy atom. The molecule has 22 heavy (non-hydrogen) atoms. The highest BCUT2D eigenvalue weighted by Crippen LogP contribution is 2.42. The van der Waals surface area contributed by atoms with Crippen molar-refractivity contribution in [3.05, 3.63) is 39.4 Å². The first-order valence-corrected chi connectivity index (χ1v) is 6.83. The number of hydrogen-bond acceptors (Lipinski definition) is 3. The average Bonchev–Trinajstić information content (AvgIpc) is 2.37. The molecule has 0 amide bonds. The molecule has 0 heterocycles. The second kappa shape index (κ2) is 7.33. The number of methoxy groups -OCH3 is 1. The highest BCUT2D eigenvalue weighted by Gasteiger charge is 2.19. The Bertz CT molecular complexity index is 635. The molecular formula is C15H14Cl2O5. The number of carboxylic acids is 2. The van der Waals surface area contributed by atoms with E-state index in [2.05, 4.69) is 0 Å². The highest BCUT2D eigenvalue weighted by molar-refractivity contribution is 6.39. The molecule has 0 radical (unpaired) electrons. The zero-order chi connectivity index (χ0) is 17.0. The average molecular weight is 345 g/mol. The van der Waals surface area contributed by atoms with Gasteiger partial charge in [0.05, 0.1) is 17.2 Å². The predicted molar refractivity (Wildman–Crippen MR) is 85.6 cm³/mol. The van der Waals surface area contributed by atoms with Gasteiger partial charge in [-0.1, -0.05) is 23.2 Å². The first-order valence-electron chi connectivity index (χ1n) is 6.08. The smallest absolute Gasteiger partial charge is 0.328 e. The van der Waals surface area contributed by atoms with Crippen molar-refractivity contribution < 1.29 is 24.5 Å². The molecular weight excluding hydrogens is 331 g/mol. The minimum Gasteiger partial charge on any atom is -0.494 e. The van der Waals surface area contributed by atoms with Gasteiger partial charge in [-0.15, -0.1) is 0 Å². The van der Waals surface area contributed by atoms with E-state index in [-0.39, 0.29) is 15.8 Å². The fourth-order valence-corrected chi connectivity index (χ4v) is 2.69. The van der Waals surface area contributed by atoms with Crippen molar-refractivity contribution in [1.29, 1.82) is 0 Å². The second-order valence-corrected chi connectivity index (χ2v) is 5.22. The minimum absolute atomic E-state index is 0.159. The van der Waals surface area contributed by atoms with Crippen molar-refractivity contribution in [2.24, 2.45) is 0 Å². The van der Waals surface area contributed by atoms with Crippen LogP contribution in [0.25, 0.3) is 11.1 Å². The molecule has 0 atom stereocenters. The van der Waals surface area contributed by atoms with Crippen LogP contribution in [0.15, 0.2) is 18.2 Å². The van der Waals surface area contributed by atoms with Crippen LogP contribution >= 0.6 is 23.2 Å². The first-order chi connectivity index (χ1) is 10.2. The van der Waals surface area contributed by atoms with Crippen molar-refractivity contribution in [1.82, 2.24) is 0 Å². The lowest BCUT2D eigenvalue weighted by molar-refractivity contribution is -0.132. The third kappa shape index (κ3) is 4.02. The van der Waals surface area contributed by atoms with Gasteiger partial charge in [0.2, 0.25) is 0 Å². The van der Waals surface area contributed by atoms with Gasteiger partial charge >= 0.3 is 11.9 Å². The van der Waals surface area contributed by atoms with Crippen LogP contribution in [0.4, 0.5) is 0 Å². The van der Waals surface area contributed by atoms with Crippen LogP contribution in [0, 0.1) is 0 Å². The molecule has 0 aliphatic carbocycles. The van der Waals surface area contributed by atoms with Crippen molar-refractivity contribution >= 4 is 46.3 Å². The van der Waals surface area contributed by atoms with E-state index in [1.165, 1.54) is 13.2 Å². The molecule has 1 rings (SSSR count). The van der Waals surface area contributed by atoms with E-state index in [9.17, 15) is 9.59 Å². The lowest BCUT2D eigenvalue weighted by Crippen LogP contribution is -1.98. The SMILES string of the molecule is COc1c(Cl)c(/C(C)=C/C(=O)O)cc(/C(C)=C/C(=O)O)c1Cl. The van der Waals surface area contributed by atoms with Crippen LogP contribution in [0.2, 0.25) is 10.0 Å². The fourth-order valence-electron chi connectivity index (χ4n) is 1.89. The summed E-state index contributed by atoms with van der Waals surface area (Å²) in [5.74, 6) is -2.09. The Morgan fingerprint density at radius 2 is 1.36 bits per heavy atom. The zero-order valence-corrected chi connectivity index (χ0v) is 13.6. The fraction of sp³-hybridized carbons (Fsp3) is 0.200. The van der Waals surface area contributed by atoms with E-state index in [0.717, 1.165) is 12.2 Å². The molecule has 7 heteroatoms. The summed E-state index contributed by atoms with van der Waals surface area (Å²) in [7, 11) is 1.37. The lowest BCUT2D eigenvalue weighted by Gasteiger charge is -2.15. The minimum atomic E-state index is -1.12. The number of aliphatic carboxylic acids is 2. The van der Waals surface area contributed by atoms with Gasteiger partial charge in [-0.25, -0.2) is 9.59 Å². The number of carboxylic acid groups (broad SMARTS) is 2. The molecule has 0 fully saturated rings. The van der Waals surface area contributed by atoms with E-state index in [1.807, 2.05) is 0 Å². The normalized spacial score (nSPS) is 12.2. The topological polar surface area (TPSA) is 83.8 Å². The largest absolute Gasteiger partial charge is 0.494 e. The molecule has 0 unspecified atom stereocenters. The van der Waals surface area contributed by atoms with Gasteiger partial charge in [0.15, 0.2) is 5.75 Å². The maximum absolute atomic E-state index is 10.8. The maximum Gasteiger partial charge on any atom is 0.328 e. The molecule has 118 valence electrons. The summed E-state index contributed by atoms with van der Waals surface area (Å²) in [5, 5.41) is 18.0. The Morgan fingerprint density at radius 3 is 1.64 bits per heavy atom. The van der Waals surface area contributed by atoms with Gasteiger partial charge in [-0.3, -0.25) is 0 Å². The van der Waals surface area contributed by atoms with E-state index < -0.39 is 11.9 Å². The van der Waals surface area contributed by atoms with Crippen molar-refractivity contribution in [2.45, 2.75) is 13.8 Å². The summed E-state index contributed by atoms with van der Waals surface area (Å²) in [5.41, 5.74) is 1.57. The van der Waals surface area contributed by atoms with Crippen molar-refractivity contribution in [3.8, 4) is 5.75 Å². The predicted octanol–water partition coefficient (Wildman–Crippen LogP) is 3.98. The standard InChI is InChI=1S/C15H14Cl2O5/c1-7(4-11(18)19)9-6-10(8(2)5-12(20)21)14(17)15(22-3)13(9)16/h4-6H,1-3H3,(H,18,19)(H,20,21)/b7-4+,8-5+. The third-order valence-corrected chi connectivity index (χ3v) is 3.64. The van der Waals surface area contributed by atoms with Crippen LogP contribution in [0.5, 0.6) is 5.75 Å². The Hall–Kier alpha value is -1.98. The van der Waals surface area contributed by atoms with Gasteiger partial charge in [0.25, 0.3) is 0 Å². The van der Waals surface area contributed by atoms with Gasteiger partial charge in [0.1, 0.15) is 0 Å². The maximum atomic E-state index is 10.8. The molecule has 0 saturated heterocycles. The molecule has 0 spiro atoms. The Balaban J connectivity index is 3.68. The molecule has 0 saturated carbocycles. The molecule has 5 nitrogen and oxygen atoms in total. The second-order valence-electron chi connectivity index (χ2n) is 4.46. The molecule has 1 aromatic rings. The summed E-state index contributed by atoms with van der Waals surface area (Å²) in [6, 6.07) is 1.54. The van der Waals surface area contributed by atoms with Crippen LogP contribution in [-0.4, -0.2) is 29.3 Å². The summed E-state index contributed by atoms with van der Waals surface area (Å²) >= 11 is 12.4. The van der Waals surface area contributed by atoms with Gasteiger partial charge in [0, 0.05) is 23.3 Å². The number of benzene rings is 1. The van der Waals surface area contributed by atoms with Crippen molar-refractivity contribution in [2.75, 3.05) is 7.11 Å². The first kappa shape index (κ1) is 18.1. The Kier molecular flexibility index (Phi) is 6.02. The zero-order valence-electron chi connectivity index (χ0n) is 12.1. The Labute approximate surface area is 137 Å². The van der Waals surface area contributed by atoms with E-state index in [0.29, 0.717) is 22.3 Å². The van der Waals surface area contributed by atoms with Crippen LogP contribution in [0.3, 0.4) is 0 Å². The van der Waals surface area contributed by atoms with Gasteiger partial charge in [-0.05, 0) is 31.1 Å². The third-order valence-electron chi connectivity index (χ3n) is 2.89. The summed E-state index contributed by atoms with van der Waals surface area (Å²) in [4.78, 5) is 21.6. The van der Waals surface area contributed by atoms with E-state index in [1.54, 1.807) is 13.8 Å². The summed E-state index contributed by atoms with van der Waals surface area (Å²) in [6.07, 6.45) is 1.99. The monoisotopic (exact) mass is 344 g/mol. The van der Waals surface area contributed by atoms with Crippen LogP contribution in [-0.2, 0) is 9.59 Å². The quantitative estimate of drug-likeness (QED) is 0.789. The van der Waals surface area contributed by atoms with E-state index in [4.69, 9.17) is 38.2 Å². The highest BCUT2D eigenvalue weighted by atomic mass is 35.5. The van der Waals surface area contributed by atoms with Crippen LogP contribution < -0.4 is 4.74 Å². The molecule has 0 aliphatic rings. The molecule has 1 aromatic carbocycles. The number of carbonyl (C=O) groups is 2. The lowest BCUT2D eigenvalue weighted by atomic mass is 9.99. The molecule has 2 N–H and O–H groups in total. The van der Waals surface area contributed by atoms with E-state index >= 15 is 0 Å². The van der Waals surface area contributed by atoms with Gasteiger partial charge in [-0.2, -0.15) is 0 Å². The number of rotatable bonds is 5. The number of allylic oxidation sites excluding steroid dienone is 2. The molecule has 0 bridgehead atoms. The number of hydrogen-bond donors (Lipinski definition) is 2. The molecule has 0 aromatic heterocycles. The summed E-state index contributed by atoms with van der Waals surface area (Å²) in [6.45, 7) is 3.14. The molecule has 0 aliphatic heterocycles. The number of halogens is 2. The number of ether oxygens (including phenoxy) is 1. The van der Waals surface area contributed by atoms with Gasteiger partial charge < -0.3 is 14.9 Å². The van der Waals surface area contributed by atoms with Crippen LogP contribution in [0.1, 0.15) is 25.0 Å². The summed E-state index contributed by atoms with van der Waals surface area (Å²) < 4.78 is 5.15.